The molecule has 0 spiro atoms. The van der Waals surface area contributed by atoms with Crippen LogP contribution in [0, 0.1) is 0 Å². The summed E-state index contributed by atoms with van der Waals surface area (Å²) in [7, 11) is -4.01. The number of rotatable bonds is 11. The number of anilines is 1. The second-order valence-corrected chi connectivity index (χ2v) is 12.5. The first-order valence-electron chi connectivity index (χ1n) is 11.4. The van der Waals surface area contributed by atoms with E-state index in [1.807, 2.05) is 13.8 Å². The van der Waals surface area contributed by atoms with Gasteiger partial charge in [0.15, 0.2) is 0 Å². The largest absolute Gasteiger partial charge is 0.352 e. The van der Waals surface area contributed by atoms with Crippen molar-refractivity contribution in [1.82, 2.24) is 10.2 Å². The molecule has 13 heteroatoms. The van der Waals surface area contributed by atoms with Gasteiger partial charge < -0.3 is 10.2 Å². The fourth-order valence-electron chi connectivity index (χ4n) is 3.49. The maximum absolute atomic E-state index is 13.7. The molecule has 0 heterocycles. The molecule has 2 atom stereocenters. The molecule has 0 radical (unpaired) electrons. The Kier molecular flexibility index (Phi) is 11.7. The summed E-state index contributed by atoms with van der Waals surface area (Å²) < 4.78 is 26.3. The van der Waals surface area contributed by atoms with Gasteiger partial charge in [-0.25, -0.2) is 8.42 Å². The minimum absolute atomic E-state index is 0.0125. The van der Waals surface area contributed by atoms with Gasteiger partial charge in [-0.05, 0) is 49.6 Å². The molecule has 7 nitrogen and oxygen atoms in total. The highest BCUT2D eigenvalue weighted by Crippen LogP contribution is 2.36. The number of amides is 2. The van der Waals surface area contributed by atoms with E-state index in [0.717, 1.165) is 10.6 Å². The Labute approximate surface area is 243 Å². The smallest absolute Gasteiger partial charge is 0.244 e. The standard InChI is InChI=1S/C24H28Cl5N3O4S/c1-5-14(3)30-24(34)21(6-2)31(12-15-7-8-16(25)9-17(15)26)23(33)13-32(37(4,35)36)22-11-19(28)18(27)10-20(22)29/h7-11,14,21H,5-6,12-13H2,1-4H3,(H,30,34)/t14-,21-/m1/s1. The van der Waals surface area contributed by atoms with E-state index < -0.39 is 28.5 Å². The molecular formula is C24H28Cl5N3O4S. The molecule has 0 aliphatic carbocycles. The van der Waals surface area contributed by atoms with Crippen LogP contribution in [0.5, 0.6) is 0 Å². The maximum Gasteiger partial charge on any atom is 0.244 e. The van der Waals surface area contributed by atoms with Crippen LogP contribution in [0.2, 0.25) is 25.1 Å². The predicted octanol–water partition coefficient (Wildman–Crippen LogP) is 6.44. The Morgan fingerprint density at radius 1 is 0.919 bits per heavy atom. The molecule has 2 rings (SSSR count). The molecular weight excluding hydrogens is 604 g/mol. The molecule has 37 heavy (non-hydrogen) atoms. The van der Waals surface area contributed by atoms with E-state index in [2.05, 4.69) is 5.32 Å². The van der Waals surface area contributed by atoms with Crippen LogP contribution in [-0.4, -0.2) is 50.0 Å². The fourth-order valence-corrected chi connectivity index (χ4v) is 5.51. The van der Waals surface area contributed by atoms with Crippen molar-refractivity contribution in [3.8, 4) is 0 Å². The Morgan fingerprint density at radius 2 is 1.54 bits per heavy atom. The Bertz CT molecular complexity index is 1260. The van der Waals surface area contributed by atoms with Gasteiger partial charge in [-0.2, -0.15) is 0 Å². The summed E-state index contributed by atoms with van der Waals surface area (Å²) in [5.41, 5.74) is 0.515. The van der Waals surface area contributed by atoms with Gasteiger partial charge in [-0.15, -0.1) is 0 Å². The molecule has 0 fully saturated rings. The zero-order chi connectivity index (χ0) is 28.1. The zero-order valence-electron chi connectivity index (χ0n) is 20.7. The lowest BCUT2D eigenvalue weighted by molar-refractivity contribution is -0.140. The number of hydrogen-bond donors (Lipinski definition) is 1. The average molecular weight is 632 g/mol. The fraction of sp³-hybridized carbons (Fsp3) is 0.417. The van der Waals surface area contributed by atoms with Gasteiger partial charge >= 0.3 is 0 Å². The number of nitrogens with one attached hydrogen (secondary N) is 1. The molecule has 1 N–H and O–H groups in total. The predicted molar refractivity (Wildman–Crippen MR) is 153 cm³/mol. The second-order valence-electron chi connectivity index (χ2n) is 8.49. The quantitative estimate of drug-likeness (QED) is 0.289. The van der Waals surface area contributed by atoms with Crippen molar-refractivity contribution in [2.45, 2.75) is 52.2 Å². The van der Waals surface area contributed by atoms with E-state index in [1.165, 1.54) is 23.1 Å². The first-order chi connectivity index (χ1) is 17.2. The minimum Gasteiger partial charge on any atom is -0.352 e. The van der Waals surface area contributed by atoms with Crippen molar-refractivity contribution in [1.29, 1.82) is 0 Å². The zero-order valence-corrected chi connectivity index (χ0v) is 25.3. The van der Waals surface area contributed by atoms with Gasteiger partial charge in [-0.1, -0.05) is 77.9 Å². The van der Waals surface area contributed by atoms with Crippen molar-refractivity contribution >= 4 is 85.5 Å². The van der Waals surface area contributed by atoms with Crippen molar-refractivity contribution in [2.75, 3.05) is 17.1 Å². The molecule has 2 amide bonds. The second kappa shape index (κ2) is 13.6. The number of sulfonamides is 1. The number of carbonyl (C=O) groups is 2. The SMILES string of the molecule is CC[C@@H](C)NC(=O)[C@@H](CC)N(Cc1ccc(Cl)cc1Cl)C(=O)CN(c1cc(Cl)c(Cl)cc1Cl)S(C)(=O)=O. The van der Waals surface area contributed by atoms with E-state index in [1.54, 1.807) is 19.1 Å². The van der Waals surface area contributed by atoms with Gasteiger partial charge in [0.2, 0.25) is 21.8 Å². The highest BCUT2D eigenvalue weighted by atomic mass is 35.5. The highest BCUT2D eigenvalue weighted by Gasteiger charge is 2.33. The first kappa shape index (κ1) is 31.8. The van der Waals surface area contributed by atoms with Gasteiger partial charge in [0.1, 0.15) is 12.6 Å². The summed E-state index contributed by atoms with van der Waals surface area (Å²) in [6.07, 6.45) is 1.90. The van der Waals surface area contributed by atoms with E-state index in [4.69, 9.17) is 58.0 Å². The molecule has 2 aromatic rings. The summed E-state index contributed by atoms with van der Waals surface area (Å²) in [6.45, 7) is 4.83. The number of halogens is 5. The monoisotopic (exact) mass is 629 g/mol. The van der Waals surface area contributed by atoms with Crippen LogP contribution in [0.1, 0.15) is 39.2 Å². The van der Waals surface area contributed by atoms with Crippen LogP contribution in [0.4, 0.5) is 5.69 Å². The van der Waals surface area contributed by atoms with Gasteiger partial charge in [0.25, 0.3) is 0 Å². The minimum atomic E-state index is -4.01. The van der Waals surface area contributed by atoms with E-state index in [0.29, 0.717) is 22.0 Å². The molecule has 0 aliphatic heterocycles. The molecule has 0 bridgehead atoms. The van der Waals surface area contributed by atoms with Gasteiger partial charge in [-0.3, -0.25) is 13.9 Å². The van der Waals surface area contributed by atoms with E-state index >= 15 is 0 Å². The molecule has 0 unspecified atom stereocenters. The van der Waals surface area contributed by atoms with Gasteiger partial charge in [0, 0.05) is 22.6 Å². The normalized spacial score (nSPS) is 13.1. The van der Waals surface area contributed by atoms with Gasteiger partial charge in [0.05, 0.1) is 27.0 Å². The van der Waals surface area contributed by atoms with Crippen molar-refractivity contribution in [2.24, 2.45) is 0 Å². The van der Waals surface area contributed by atoms with Crippen LogP contribution in [-0.2, 0) is 26.2 Å². The molecule has 0 aromatic heterocycles. The van der Waals surface area contributed by atoms with Crippen LogP contribution < -0.4 is 9.62 Å². The van der Waals surface area contributed by atoms with Crippen LogP contribution in [0.3, 0.4) is 0 Å². The third-order valence-corrected chi connectivity index (χ3v) is 8.42. The summed E-state index contributed by atoms with van der Waals surface area (Å²) in [6, 6.07) is 6.33. The van der Waals surface area contributed by atoms with Crippen molar-refractivity contribution in [3.63, 3.8) is 0 Å². The summed E-state index contributed by atoms with van der Waals surface area (Å²) >= 11 is 30.8. The molecule has 0 aliphatic rings. The van der Waals surface area contributed by atoms with Crippen LogP contribution >= 0.6 is 58.0 Å². The van der Waals surface area contributed by atoms with Crippen LogP contribution in [0.25, 0.3) is 0 Å². The van der Waals surface area contributed by atoms with Crippen LogP contribution in [0.15, 0.2) is 30.3 Å². The summed E-state index contributed by atoms with van der Waals surface area (Å²) in [5, 5.41) is 3.78. The number of benzene rings is 2. The topological polar surface area (TPSA) is 86.8 Å². The number of hydrogen-bond acceptors (Lipinski definition) is 4. The Morgan fingerprint density at radius 3 is 2.08 bits per heavy atom. The lowest BCUT2D eigenvalue weighted by atomic mass is 10.1. The highest BCUT2D eigenvalue weighted by molar-refractivity contribution is 7.92. The lowest BCUT2D eigenvalue weighted by Gasteiger charge is -2.33. The first-order valence-corrected chi connectivity index (χ1v) is 15.1. The van der Waals surface area contributed by atoms with Crippen molar-refractivity contribution < 1.29 is 18.0 Å². The Balaban J connectivity index is 2.54. The summed E-state index contributed by atoms with van der Waals surface area (Å²) in [4.78, 5) is 28.2. The molecule has 0 saturated carbocycles. The molecule has 0 saturated heterocycles. The molecule has 2 aromatic carbocycles. The van der Waals surface area contributed by atoms with E-state index in [9.17, 15) is 18.0 Å². The maximum atomic E-state index is 13.7. The summed E-state index contributed by atoms with van der Waals surface area (Å²) in [5.74, 6) is -1.02. The third kappa shape index (κ3) is 8.53. The van der Waals surface area contributed by atoms with E-state index in [-0.39, 0.29) is 45.7 Å². The number of nitrogens with zero attached hydrogens (tertiary/aromatic N) is 2. The molecule has 204 valence electrons. The Hall–Kier alpha value is -1.42. The lowest BCUT2D eigenvalue weighted by Crippen LogP contribution is -2.53. The van der Waals surface area contributed by atoms with Crippen molar-refractivity contribution in [3.05, 3.63) is 61.0 Å². The average Bonchev–Trinajstić information content (AvgIpc) is 2.80. The third-order valence-electron chi connectivity index (χ3n) is 5.68. The number of carbonyl (C=O) groups excluding carboxylic acids is 2.